The van der Waals surface area contributed by atoms with Crippen molar-refractivity contribution in [2.45, 2.75) is 26.4 Å². The van der Waals surface area contributed by atoms with E-state index in [1.54, 1.807) is 11.3 Å². The Kier molecular flexibility index (Phi) is 4.39. The third-order valence-corrected chi connectivity index (χ3v) is 5.86. The molecule has 1 N–H and O–H groups in total. The fraction of sp³-hybridized carbons (Fsp3) is 0.529. The lowest BCUT2D eigenvalue weighted by atomic mass is 10.0. The summed E-state index contributed by atoms with van der Waals surface area (Å²) in [4.78, 5) is 18.4. The van der Waals surface area contributed by atoms with Crippen molar-refractivity contribution in [3.63, 3.8) is 0 Å². The number of aryl methyl sites for hydroxylation is 1. The second kappa shape index (κ2) is 6.66. The lowest BCUT2D eigenvalue weighted by Gasteiger charge is -2.29. The smallest absolute Gasteiger partial charge is 0.274 e. The van der Waals surface area contributed by atoms with Crippen LogP contribution >= 0.6 is 11.3 Å². The molecule has 0 aliphatic carbocycles. The van der Waals surface area contributed by atoms with Gasteiger partial charge >= 0.3 is 0 Å². The Morgan fingerprint density at radius 3 is 2.96 bits per heavy atom. The molecule has 1 saturated heterocycles. The maximum Gasteiger partial charge on any atom is 0.274 e. The van der Waals surface area contributed by atoms with Gasteiger partial charge in [-0.3, -0.25) is 14.8 Å². The Bertz CT molecular complexity index is 733. The molecule has 0 spiro atoms. The van der Waals surface area contributed by atoms with E-state index in [1.165, 1.54) is 10.4 Å². The summed E-state index contributed by atoms with van der Waals surface area (Å²) in [6, 6.07) is 2.17. The van der Waals surface area contributed by atoms with Gasteiger partial charge in [-0.05, 0) is 23.9 Å². The second-order valence-electron chi connectivity index (χ2n) is 6.42. The number of morpholine rings is 1. The van der Waals surface area contributed by atoms with Crippen LogP contribution in [0.1, 0.15) is 32.2 Å². The number of carbonyl (C=O) groups is 1. The number of hydrogen-bond acceptors (Lipinski definition) is 5. The largest absolute Gasteiger partial charge is 0.378 e. The average molecular weight is 346 g/mol. The molecule has 2 aromatic heterocycles. The van der Waals surface area contributed by atoms with Gasteiger partial charge in [0, 0.05) is 55.3 Å². The minimum Gasteiger partial charge on any atom is -0.378 e. The first kappa shape index (κ1) is 15.8. The quantitative estimate of drug-likeness (QED) is 0.921. The van der Waals surface area contributed by atoms with Crippen LogP contribution in [0.25, 0.3) is 0 Å². The van der Waals surface area contributed by atoms with Crippen molar-refractivity contribution in [3.8, 4) is 0 Å². The monoisotopic (exact) mass is 346 g/mol. The number of nitrogens with one attached hydrogen (secondary N) is 1. The van der Waals surface area contributed by atoms with Gasteiger partial charge in [0.1, 0.15) is 0 Å². The summed E-state index contributed by atoms with van der Waals surface area (Å²) in [7, 11) is 0. The van der Waals surface area contributed by atoms with Gasteiger partial charge in [0.2, 0.25) is 0 Å². The molecule has 128 valence electrons. The summed E-state index contributed by atoms with van der Waals surface area (Å²) in [6.45, 7) is 7.42. The molecule has 4 rings (SSSR count). The number of nitrogens with zero attached hydrogens (tertiary/aromatic N) is 3. The van der Waals surface area contributed by atoms with Crippen molar-refractivity contribution in [1.29, 1.82) is 0 Å². The fourth-order valence-electron chi connectivity index (χ4n) is 3.35. The molecule has 6 nitrogen and oxygen atoms in total. The molecule has 24 heavy (non-hydrogen) atoms. The van der Waals surface area contributed by atoms with Gasteiger partial charge in [-0.25, -0.2) is 0 Å². The van der Waals surface area contributed by atoms with E-state index in [0.717, 1.165) is 37.3 Å². The van der Waals surface area contributed by atoms with Crippen molar-refractivity contribution in [1.82, 2.24) is 20.0 Å². The predicted molar refractivity (Wildman–Crippen MR) is 92.2 cm³/mol. The first-order chi connectivity index (χ1) is 11.7. The fourth-order valence-corrected chi connectivity index (χ4v) is 4.30. The Labute approximate surface area is 145 Å². The zero-order chi connectivity index (χ0) is 16.5. The second-order valence-corrected chi connectivity index (χ2v) is 7.42. The predicted octanol–water partition coefficient (Wildman–Crippen LogP) is 1.81. The Morgan fingerprint density at radius 1 is 1.38 bits per heavy atom. The van der Waals surface area contributed by atoms with Crippen LogP contribution in [0.4, 0.5) is 0 Å². The van der Waals surface area contributed by atoms with Crippen molar-refractivity contribution in [2.24, 2.45) is 0 Å². The van der Waals surface area contributed by atoms with E-state index < -0.39 is 0 Å². The van der Waals surface area contributed by atoms with E-state index in [9.17, 15) is 4.79 Å². The highest BCUT2D eigenvalue weighted by Crippen LogP contribution is 2.25. The number of amides is 1. The van der Waals surface area contributed by atoms with Gasteiger partial charge in [-0.1, -0.05) is 0 Å². The van der Waals surface area contributed by atoms with Crippen LogP contribution in [0.5, 0.6) is 0 Å². The maximum atomic E-state index is 12.8. The molecule has 0 bridgehead atoms. The number of aromatic nitrogens is 2. The number of hydrogen-bond donors (Lipinski definition) is 1. The van der Waals surface area contributed by atoms with Crippen LogP contribution in [0.3, 0.4) is 0 Å². The average Bonchev–Trinajstić information content (AvgIpc) is 3.21. The van der Waals surface area contributed by atoms with Crippen molar-refractivity contribution < 1.29 is 9.53 Å². The molecule has 0 aromatic carbocycles. The highest BCUT2D eigenvalue weighted by Gasteiger charge is 2.29. The van der Waals surface area contributed by atoms with E-state index in [1.807, 2.05) is 4.90 Å². The Balaban J connectivity index is 1.51. The Hall–Kier alpha value is -1.70. The van der Waals surface area contributed by atoms with Crippen LogP contribution < -0.4 is 0 Å². The molecule has 7 heteroatoms. The first-order valence-corrected chi connectivity index (χ1v) is 9.29. The van der Waals surface area contributed by atoms with E-state index >= 15 is 0 Å². The summed E-state index contributed by atoms with van der Waals surface area (Å²) < 4.78 is 5.34. The highest BCUT2D eigenvalue weighted by atomic mass is 32.1. The van der Waals surface area contributed by atoms with Gasteiger partial charge in [-0.2, -0.15) is 5.10 Å². The standard InChI is InChI=1S/C17H22N4O2S/c1-12-3-9-24-15(12)11-20-4-2-14-13(10-20)16(19-18-14)17(22)21-5-7-23-8-6-21/h3,9H,2,4-8,10-11H2,1H3,(H,18,19). The molecule has 1 fully saturated rings. The Morgan fingerprint density at radius 2 is 2.21 bits per heavy atom. The van der Waals surface area contributed by atoms with Gasteiger partial charge in [0.25, 0.3) is 5.91 Å². The number of ether oxygens (including phenoxy) is 1. The molecule has 0 unspecified atom stereocenters. The van der Waals surface area contributed by atoms with Crippen LogP contribution in [-0.2, 0) is 24.2 Å². The molecule has 2 aromatic rings. The van der Waals surface area contributed by atoms with Crippen LogP contribution in [0.2, 0.25) is 0 Å². The number of rotatable bonds is 3. The molecule has 1 amide bonds. The molecule has 0 radical (unpaired) electrons. The minimum absolute atomic E-state index is 0.0324. The van der Waals surface area contributed by atoms with Gasteiger partial charge < -0.3 is 9.64 Å². The number of H-pyrrole nitrogens is 1. The summed E-state index contributed by atoms with van der Waals surface area (Å²) in [5.41, 5.74) is 4.14. The molecule has 0 atom stereocenters. The molecule has 4 heterocycles. The van der Waals surface area contributed by atoms with Crippen molar-refractivity contribution >= 4 is 17.2 Å². The van der Waals surface area contributed by atoms with E-state index in [2.05, 4.69) is 33.5 Å². The lowest BCUT2D eigenvalue weighted by Crippen LogP contribution is -2.41. The van der Waals surface area contributed by atoms with Gasteiger partial charge in [0.05, 0.1) is 13.2 Å². The third kappa shape index (κ3) is 2.99. The SMILES string of the molecule is Cc1ccsc1CN1CCc2[nH]nc(C(=O)N3CCOCC3)c2C1. The summed E-state index contributed by atoms with van der Waals surface area (Å²) >= 11 is 1.81. The number of carbonyl (C=O) groups excluding carboxylic acids is 1. The maximum absolute atomic E-state index is 12.8. The molecule has 0 saturated carbocycles. The van der Waals surface area contributed by atoms with Crippen molar-refractivity contribution in [3.05, 3.63) is 38.8 Å². The number of fused-ring (bicyclic) bond motifs is 1. The normalized spacial score (nSPS) is 18.6. The number of thiophene rings is 1. The van der Waals surface area contributed by atoms with E-state index in [4.69, 9.17) is 4.74 Å². The van der Waals surface area contributed by atoms with Gasteiger partial charge in [0.15, 0.2) is 5.69 Å². The molecule has 2 aliphatic heterocycles. The zero-order valence-corrected chi connectivity index (χ0v) is 14.7. The summed E-state index contributed by atoms with van der Waals surface area (Å²) in [6.07, 6.45) is 0.920. The van der Waals surface area contributed by atoms with Gasteiger partial charge in [-0.15, -0.1) is 11.3 Å². The first-order valence-electron chi connectivity index (χ1n) is 8.41. The lowest BCUT2D eigenvalue weighted by molar-refractivity contribution is 0.0297. The van der Waals surface area contributed by atoms with E-state index in [-0.39, 0.29) is 5.91 Å². The topological polar surface area (TPSA) is 61.5 Å². The van der Waals surface area contributed by atoms with Crippen LogP contribution in [0.15, 0.2) is 11.4 Å². The molecular formula is C17H22N4O2S. The van der Waals surface area contributed by atoms with E-state index in [0.29, 0.717) is 32.0 Å². The highest BCUT2D eigenvalue weighted by molar-refractivity contribution is 7.10. The number of aromatic amines is 1. The zero-order valence-electron chi connectivity index (χ0n) is 13.9. The molecular weight excluding hydrogens is 324 g/mol. The van der Waals surface area contributed by atoms with Crippen molar-refractivity contribution in [2.75, 3.05) is 32.8 Å². The summed E-state index contributed by atoms with van der Waals surface area (Å²) in [5, 5.41) is 9.57. The third-order valence-electron chi connectivity index (χ3n) is 4.85. The minimum atomic E-state index is 0.0324. The molecule has 2 aliphatic rings. The van der Waals surface area contributed by atoms with Crippen LogP contribution in [-0.4, -0.2) is 58.8 Å². The summed E-state index contributed by atoms with van der Waals surface area (Å²) in [5.74, 6) is 0.0324. The van der Waals surface area contributed by atoms with Crippen LogP contribution in [0, 0.1) is 6.92 Å².